The number of aromatic nitrogens is 4. The van der Waals surface area contributed by atoms with Gasteiger partial charge in [-0.05, 0) is 31.3 Å². The summed E-state index contributed by atoms with van der Waals surface area (Å²) in [6.45, 7) is 3.52. The molecule has 0 saturated carbocycles. The van der Waals surface area contributed by atoms with Crippen LogP contribution in [0.1, 0.15) is 5.69 Å². The van der Waals surface area contributed by atoms with Gasteiger partial charge in [0.05, 0.1) is 18.6 Å². The number of hydrogen-bond donors (Lipinski definition) is 1. The molecule has 3 aromatic rings. The van der Waals surface area contributed by atoms with Gasteiger partial charge in [-0.25, -0.2) is 15.0 Å². The molecule has 0 amide bonds. The Balaban J connectivity index is 1.27. The van der Waals surface area contributed by atoms with Crippen molar-refractivity contribution in [1.82, 2.24) is 24.4 Å². The molecular formula is C20H20N8. The molecule has 0 bridgehead atoms. The number of likely N-dealkylation sites (tertiary alicyclic amines) is 1. The molecule has 2 aliphatic heterocycles. The van der Waals surface area contributed by atoms with E-state index in [2.05, 4.69) is 61.4 Å². The molecule has 5 rings (SSSR count). The van der Waals surface area contributed by atoms with E-state index in [1.54, 1.807) is 6.33 Å². The van der Waals surface area contributed by atoms with Gasteiger partial charge in [-0.3, -0.25) is 0 Å². The van der Waals surface area contributed by atoms with Gasteiger partial charge >= 0.3 is 0 Å². The number of nitriles is 1. The second-order valence-electron chi connectivity index (χ2n) is 7.41. The minimum atomic E-state index is 0.286. The quantitative estimate of drug-likeness (QED) is 0.750. The molecule has 0 spiro atoms. The molecule has 2 aromatic heterocycles. The Hall–Kier alpha value is -3.44. The van der Waals surface area contributed by atoms with E-state index in [1.807, 2.05) is 16.8 Å². The van der Waals surface area contributed by atoms with Crippen molar-refractivity contribution in [2.45, 2.75) is 6.04 Å². The molecule has 1 N–H and O–H groups in total. The van der Waals surface area contributed by atoms with Crippen molar-refractivity contribution in [2.75, 3.05) is 36.9 Å². The van der Waals surface area contributed by atoms with E-state index in [0.717, 1.165) is 24.7 Å². The molecule has 0 unspecified atom stereocenters. The molecule has 4 heterocycles. The zero-order chi connectivity index (χ0) is 19.1. The van der Waals surface area contributed by atoms with Gasteiger partial charge in [0.2, 0.25) is 0 Å². The van der Waals surface area contributed by atoms with E-state index in [1.165, 1.54) is 24.6 Å². The van der Waals surface area contributed by atoms with Crippen molar-refractivity contribution in [3.8, 4) is 11.8 Å². The third kappa shape index (κ3) is 2.96. The van der Waals surface area contributed by atoms with E-state index in [4.69, 9.17) is 5.26 Å². The number of hydrogen-bond acceptors (Lipinski definition) is 7. The maximum Gasteiger partial charge on any atom is 0.158 e. The van der Waals surface area contributed by atoms with E-state index in [9.17, 15) is 0 Å². The average Bonchev–Trinajstić information content (AvgIpc) is 3.29. The van der Waals surface area contributed by atoms with Crippen molar-refractivity contribution in [3.05, 3.63) is 54.9 Å². The number of anilines is 3. The number of likely N-dealkylation sites (N-methyl/N-ethyl adjacent to an activating group) is 1. The monoisotopic (exact) mass is 372 g/mol. The van der Waals surface area contributed by atoms with Crippen molar-refractivity contribution in [1.29, 1.82) is 5.26 Å². The zero-order valence-corrected chi connectivity index (χ0v) is 15.5. The normalized spacial score (nSPS) is 21.1. The number of nitrogens with one attached hydrogen (secondary N) is 1. The molecule has 8 heteroatoms. The number of rotatable bonds is 4. The lowest BCUT2D eigenvalue weighted by Crippen LogP contribution is -2.55. The van der Waals surface area contributed by atoms with Gasteiger partial charge in [-0.15, -0.1) is 0 Å². The lowest BCUT2D eigenvalue weighted by atomic mass is 9.91. The Bertz CT molecular complexity index is 1020. The van der Waals surface area contributed by atoms with Crippen molar-refractivity contribution in [3.63, 3.8) is 0 Å². The number of nitrogens with zero attached hydrogens (tertiary/aromatic N) is 7. The maximum absolute atomic E-state index is 8.78. The molecule has 0 radical (unpaired) electrons. The number of fused-ring (bicyclic) bond motifs is 1. The van der Waals surface area contributed by atoms with Gasteiger partial charge in [-0.1, -0.05) is 0 Å². The number of imidazole rings is 1. The van der Waals surface area contributed by atoms with Gasteiger partial charge in [0.15, 0.2) is 5.69 Å². The van der Waals surface area contributed by atoms with Crippen LogP contribution in [0.15, 0.2) is 49.2 Å². The van der Waals surface area contributed by atoms with Crippen LogP contribution < -0.4 is 10.2 Å². The van der Waals surface area contributed by atoms with Crippen LogP contribution in [0.5, 0.6) is 0 Å². The summed E-state index contributed by atoms with van der Waals surface area (Å²) in [4.78, 5) is 17.4. The van der Waals surface area contributed by atoms with E-state index in [-0.39, 0.29) is 5.69 Å². The zero-order valence-electron chi connectivity index (χ0n) is 15.5. The van der Waals surface area contributed by atoms with Crippen LogP contribution >= 0.6 is 0 Å². The SMILES string of the molecule is CN1C[C@H]2CN(c3ccc(-n4cnc(Nc5cnc(C#N)cn5)c4)cc3)[C@H]2C1. The standard InChI is InChI=1S/C20H20N8/c1-26-9-14-10-28(18(14)11-26)17-4-2-16(3-5-17)27-12-20(24-13-27)25-19-8-22-15(6-21)7-23-19/h2-5,7-8,12-14,18H,9-11H2,1H3,(H,23,25)/t14-,18-/m0/s1. The van der Waals surface area contributed by atoms with Crippen LogP contribution in [0, 0.1) is 17.2 Å². The molecule has 2 atom stereocenters. The summed E-state index contributed by atoms with van der Waals surface area (Å²) in [5, 5.41) is 11.9. The van der Waals surface area contributed by atoms with Crippen LogP contribution in [0.3, 0.4) is 0 Å². The summed E-state index contributed by atoms with van der Waals surface area (Å²) in [5.41, 5.74) is 2.62. The van der Waals surface area contributed by atoms with Crippen molar-refractivity contribution >= 4 is 17.3 Å². The minimum Gasteiger partial charge on any atom is -0.366 e. The number of benzene rings is 1. The molecule has 28 heavy (non-hydrogen) atoms. The van der Waals surface area contributed by atoms with Gasteiger partial charge in [0.1, 0.15) is 24.0 Å². The summed E-state index contributed by atoms with van der Waals surface area (Å²) in [6.07, 6.45) is 6.62. The molecule has 2 aliphatic rings. The minimum absolute atomic E-state index is 0.286. The fourth-order valence-electron chi connectivity index (χ4n) is 4.07. The topological polar surface area (TPSA) is 85.9 Å². The molecule has 0 aliphatic carbocycles. The molecule has 140 valence electrons. The summed E-state index contributed by atoms with van der Waals surface area (Å²) >= 11 is 0. The molecule has 8 nitrogen and oxygen atoms in total. The highest BCUT2D eigenvalue weighted by Gasteiger charge is 2.44. The van der Waals surface area contributed by atoms with Crippen molar-refractivity contribution in [2.24, 2.45) is 5.92 Å². The van der Waals surface area contributed by atoms with Gasteiger partial charge in [-0.2, -0.15) is 5.26 Å². The van der Waals surface area contributed by atoms with E-state index < -0.39 is 0 Å². The third-order valence-electron chi connectivity index (χ3n) is 5.51. The van der Waals surface area contributed by atoms with Crippen LogP contribution in [0.25, 0.3) is 5.69 Å². The summed E-state index contributed by atoms with van der Waals surface area (Å²) in [6, 6.07) is 11.2. The lowest BCUT2D eigenvalue weighted by molar-refractivity contribution is 0.361. The van der Waals surface area contributed by atoms with Gasteiger partial charge in [0.25, 0.3) is 0 Å². The predicted molar refractivity (Wildman–Crippen MR) is 106 cm³/mol. The maximum atomic E-state index is 8.78. The highest BCUT2D eigenvalue weighted by Crippen LogP contribution is 2.36. The Morgan fingerprint density at radius 2 is 1.82 bits per heavy atom. The average molecular weight is 372 g/mol. The Morgan fingerprint density at radius 3 is 2.54 bits per heavy atom. The molecule has 2 fully saturated rings. The van der Waals surface area contributed by atoms with Crippen molar-refractivity contribution < 1.29 is 0 Å². The molecular weight excluding hydrogens is 352 g/mol. The molecule has 1 aromatic carbocycles. The fourth-order valence-corrected chi connectivity index (χ4v) is 4.07. The van der Waals surface area contributed by atoms with E-state index >= 15 is 0 Å². The smallest absolute Gasteiger partial charge is 0.158 e. The van der Waals surface area contributed by atoms with Gasteiger partial charge in [0, 0.05) is 43.0 Å². The fraction of sp³-hybridized carbons (Fsp3) is 0.300. The Kier molecular flexibility index (Phi) is 3.95. The van der Waals surface area contributed by atoms with Crippen LogP contribution in [0.4, 0.5) is 17.3 Å². The second kappa shape index (κ2) is 6.62. The first-order valence-electron chi connectivity index (χ1n) is 9.28. The largest absolute Gasteiger partial charge is 0.366 e. The summed E-state index contributed by atoms with van der Waals surface area (Å²) in [5.74, 6) is 2.04. The van der Waals surface area contributed by atoms with Crippen LogP contribution in [-0.4, -0.2) is 57.1 Å². The van der Waals surface area contributed by atoms with Gasteiger partial charge < -0.3 is 19.7 Å². The highest BCUT2D eigenvalue weighted by molar-refractivity contribution is 5.56. The van der Waals surface area contributed by atoms with Crippen LogP contribution in [0.2, 0.25) is 0 Å². The van der Waals surface area contributed by atoms with Crippen LogP contribution in [-0.2, 0) is 0 Å². The van der Waals surface area contributed by atoms with E-state index in [0.29, 0.717) is 17.7 Å². The second-order valence-corrected chi connectivity index (χ2v) is 7.41. The Labute approximate surface area is 163 Å². The predicted octanol–water partition coefficient (Wildman–Crippen LogP) is 2.03. The third-order valence-corrected chi connectivity index (χ3v) is 5.51. The highest BCUT2D eigenvalue weighted by atomic mass is 15.3. The summed E-state index contributed by atoms with van der Waals surface area (Å²) < 4.78 is 1.96. The first-order valence-corrected chi connectivity index (χ1v) is 9.28. The first-order chi connectivity index (χ1) is 13.7. The first kappa shape index (κ1) is 16.7. The Morgan fingerprint density at radius 1 is 1.00 bits per heavy atom. The summed E-state index contributed by atoms with van der Waals surface area (Å²) in [7, 11) is 2.20. The molecule has 2 saturated heterocycles. The lowest BCUT2D eigenvalue weighted by Gasteiger charge is -2.45.